The highest BCUT2D eigenvalue weighted by atomic mass is 32.2. The van der Waals surface area contributed by atoms with Gasteiger partial charge in [-0.2, -0.15) is 4.31 Å². The third kappa shape index (κ3) is 4.47. The number of aryl methyl sites for hydroxylation is 2. The number of hydrogen-bond acceptors (Lipinski definition) is 6. The number of nitrogens with one attached hydrogen (secondary N) is 2. The third-order valence-corrected chi connectivity index (χ3v) is 8.53. The molecule has 1 aliphatic carbocycles. The number of carbonyl (C=O) groups excluding carboxylic acids is 2. The van der Waals surface area contributed by atoms with Crippen molar-refractivity contribution in [2.45, 2.75) is 37.0 Å². The molecule has 2 N–H and O–H groups in total. The zero-order valence-corrected chi connectivity index (χ0v) is 19.5. The number of sulfonamides is 1. The highest BCUT2D eigenvalue weighted by Crippen LogP contribution is 2.31. The van der Waals surface area contributed by atoms with E-state index in [4.69, 9.17) is 9.47 Å². The molecule has 0 saturated carbocycles. The zero-order valence-electron chi connectivity index (χ0n) is 18.7. The van der Waals surface area contributed by atoms with Crippen LogP contribution in [0.15, 0.2) is 41.3 Å². The molecule has 0 bridgehead atoms. The lowest BCUT2D eigenvalue weighted by molar-refractivity contribution is -0.126. The molecule has 0 atom stereocenters. The fourth-order valence-corrected chi connectivity index (χ4v) is 6.21. The van der Waals surface area contributed by atoms with E-state index >= 15 is 0 Å². The molecule has 34 heavy (non-hydrogen) atoms. The molecule has 3 aliphatic rings. The first-order valence-corrected chi connectivity index (χ1v) is 13.0. The fourth-order valence-electron chi connectivity index (χ4n) is 4.69. The van der Waals surface area contributed by atoms with Crippen LogP contribution in [0.2, 0.25) is 0 Å². The van der Waals surface area contributed by atoms with Crippen LogP contribution in [0.25, 0.3) is 0 Å². The Morgan fingerprint density at radius 2 is 1.62 bits per heavy atom. The van der Waals surface area contributed by atoms with Crippen molar-refractivity contribution in [1.82, 2.24) is 15.2 Å². The second kappa shape index (κ2) is 9.27. The number of fused-ring (bicyclic) bond motifs is 2. The molecule has 5 rings (SSSR count). The number of nitrogens with zero attached hydrogens (tertiary/aromatic N) is 1. The molecular weight excluding hydrogens is 458 g/mol. The second-order valence-corrected chi connectivity index (χ2v) is 10.7. The van der Waals surface area contributed by atoms with Crippen LogP contribution >= 0.6 is 0 Å². The van der Waals surface area contributed by atoms with Crippen molar-refractivity contribution >= 4 is 21.8 Å². The Morgan fingerprint density at radius 3 is 2.41 bits per heavy atom. The number of amides is 2. The molecule has 0 spiro atoms. The van der Waals surface area contributed by atoms with Crippen molar-refractivity contribution in [2.75, 3.05) is 26.3 Å². The maximum atomic E-state index is 13.1. The van der Waals surface area contributed by atoms with Crippen molar-refractivity contribution in [3.8, 4) is 11.5 Å². The average molecular weight is 486 g/mol. The Hall–Kier alpha value is -3.11. The molecule has 1 saturated heterocycles. The number of ether oxygens (including phenoxy) is 2. The number of hydrazine groups is 1. The Morgan fingerprint density at radius 1 is 0.882 bits per heavy atom. The molecule has 10 heteroatoms. The van der Waals surface area contributed by atoms with Crippen molar-refractivity contribution in [3.63, 3.8) is 0 Å². The molecule has 0 unspecified atom stereocenters. The van der Waals surface area contributed by atoms with E-state index in [9.17, 15) is 18.0 Å². The minimum Gasteiger partial charge on any atom is -0.486 e. The van der Waals surface area contributed by atoms with Gasteiger partial charge in [-0.05, 0) is 73.6 Å². The molecule has 9 nitrogen and oxygen atoms in total. The van der Waals surface area contributed by atoms with Gasteiger partial charge in [0.25, 0.3) is 5.91 Å². The van der Waals surface area contributed by atoms with Gasteiger partial charge in [0.1, 0.15) is 13.2 Å². The van der Waals surface area contributed by atoms with Gasteiger partial charge in [0.15, 0.2) is 11.5 Å². The lowest BCUT2D eigenvalue weighted by Gasteiger charge is -2.30. The molecule has 0 aromatic heterocycles. The van der Waals surface area contributed by atoms with Gasteiger partial charge in [-0.15, -0.1) is 0 Å². The Balaban J connectivity index is 1.14. The molecule has 2 heterocycles. The summed E-state index contributed by atoms with van der Waals surface area (Å²) >= 11 is 0. The topological polar surface area (TPSA) is 114 Å². The monoisotopic (exact) mass is 485 g/mol. The zero-order chi connectivity index (χ0) is 23.7. The summed E-state index contributed by atoms with van der Waals surface area (Å²) in [6.07, 6.45) is 3.75. The maximum Gasteiger partial charge on any atom is 0.269 e. The minimum absolute atomic E-state index is 0.258. The van der Waals surface area contributed by atoms with Gasteiger partial charge in [-0.25, -0.2) is 8.42 Å². The number of hydrogen-bond donors (Lipinski definition) is 2. The first kappa shape index (κ1) is 22.7. The quantitative estimate of drug-likeness (QED) is 0.639. The van der Waals surface area contributed by atoms with Crippen LogP contribution in [0, 0.1) is 5.92 Å². The van der Waals surface area contributed by atoms with Gasteiger partial charge in [-0.3, -0.25) is 20.4 Å². The smallest absolute Gasteiger partial charge is 0.269 e. The van der Waals surface area contributed by atoms with Gasteiger partial charge in [0, 0.05) is 24.6 Å². The van der Waals surface area contributed by atoms with E-state index in [-0.39, 0.29) is 24.9 Å². The van der Waals surface area contributed by atoms with E-state index in [1.165, 1.54) is 9.87 Å². The Kier molecular flexibility index (Phi) is 6.18. The summed E-state index contributed by atoms with van der Waals surface area (Å²) in [7, 11) is -3.59. The molecule has 0 radical (unpaired) electrons. The largest absolute Gasteiger partial charge is 0.486 e. The lowest BCUT2D eigenvalue weighted by atomic mass is 9.98. The minimum atomic E-state index is -3.59. The third-order valence-electron chi connectivity index (χ3n) is 6.64. The Labute approximate surface area is 198 Å². The molecular formula is C24H27N3O6S. The number of rotatable bonds is 4. The van der Waals surface area contributed by atoms with E-state index in [0.29, 0.717) is 48.0 Å². The molecule has 2 aliphatic heterocycles. The molecule has 180 valence electrons. The van der Waals surface area contributed by atoms with E-state index in [0.717, 1.165) is 24.8 Å². The van der Waals surface area contributed by atoms with Gasteiger partial charge in [-0.1, -0.05) is 6.07 Å². The fraction of sp³-hybridized carbons (Fsp3) is 0.417. The highest BCUT2D eigenvalue weighted by molar-refractivity contribution is 7.89. The van der Waals surface area contributed by atoms with Crippen LogP contribution in [0.1, 0.15) is 40.7 Å². The first-order chi connectivity index (χ1) is 16.4. The summed E-state index contributed by atoms with van der Waals surface area (Å²) in [5, 5.41) is 0. The van der Waals surface area contributed by atoms with Gasteiger partial charge < -0.3 is 9.47 Å². The van der Waals surface area contributed by atoms with Crippen LogP contribution in [0.3, 0.4) is 0 Å². The number of carbonyl (C=O) groups is 2. The normalized spacial score (nSPS) is 18.2. The predicted molar refractivity (Wildman–Crippen MR) is 123 cm³/mol. The summed E-state index contributed by atoms with van der Waals surface area (Å²) in [5.41, 5.74) is 7.57. The number of piperidine rings is 1. The van der Waals surface area contributed by atoms with Crippen LogP contribution in [0.4, 0.5) is 0 Å². The molecule has 2 aromatic rings. The van der Waals surface area contributed by atoms with Gasteiger partial charge >= 0.3 is 0 Å². The summed E-state index contributed by atoms with van der Waals surface area (Å²) in [6, 6.07) is 10.2. The SMILES string of the molecule is O=C(NNC(=O)C1CCN(S(=O)(=O)c2ccc3c(c2)CCC3)CC1)c1ccc2c(c1)OCCO2. The van der Waals surface area contributed by atoms with Gasteiger partial charge in [0.2, 0.25) is 15.9 Å². The highest BCUT2D eigenvalue weighted by Gasteiger charge is 2.33. The maximum absolute atomic E-state index is 13.1. The van der Waals surface area contributed by atoms with Crippen molar-refractivity contribution in [2.24, 2.45) is 5.92 Å². The summed E-state index contributed by atoms with van der Waals surface area (Å²) in [5.74, 6) is -0.120. The molecule has 2 aromatic carbocycles. The molecule has 2 amide bonds. The van der Waals surface area contributed by atoms with Crippen molar-refractivity contribution < 1.29 is 27.5 Å². The van der Waals surface area contributed by atoms with Crippen molar-refractivity contribution in [3.05, 3.63) is 53.1 Å². The van der Waals surface area contributed by atoms with Crippen LogP contribution in [-0.4, -0.2) is 50.8 Å². The van der Waals surface area contributed by atoms with Crippen LogP contribution < -0.4 is 20.3 Å². The first-order valence-electron chi connectivity index (χ1n) is 11.5. The van der Waals surface area contributed by atoms with E-state index in [1.54, 1.807) is 30.3 Å². The number of benzene rings is 2. The lowest BCUT2D eigenvalue weighted by Crippen LogP contribution is -2.48. The standard InChI is InChI=1S/C24H27N3O6S/c28-23(25-26-24(29)19-5-7-21-22(15-19)33-13-12-32-21)17-8-10-27(11-9-17)34(30,31)20-6-4-16-2-1-3-18(16)14-20/h4-7,14-15,17H,1-3,8-13H2,(H,25,28)(H,26,29). The summed E-state index contributed by atoms with van der Waals surface area (Å²) in [6.45, 7) is 1.39. The van der Waals surface area contributed by atoms with Crippen LogP contribution in [-0.2, 0) is 27.7 Å². The van der Waals surface area contributed by atoms with E-state index in [2.05, 4.69) is 10.9 Å². The predicted octanol–water partition coefficient (Wildman–Crippen LogP) is 1.81. The Bertz CT molecular complexity index is 1220. The summed E-state index contributed by atoms with van der Waals surface area (Å²) in [4.78, 5) is 25.3. The summed E-state index contributed by atoms with van der Waals surface area (Å²) < 4.78 is 38.5. The molecule has 1 fully saturated rings. The average Bonchev–Trinajstić information content (AvgIpc) is 3.35. The van der Waals surface area contributed by atoms with E-state index in [1.807, 2.05) is 6.07 Å². The van der Waals surface area contributed by atoms with Gasteiger partial charge in [0.05, 0.1) is 4.90 Å². The van der Waals surface area contributed by atoms with E-state index < -0.39 is 15.9 Å². The van der Waals surface area contributed by atoms with Crippen LogP contribution in [0.5, 0.6) is 11.5 Å². The second-order valence-electron chi connectivity index (χ2n) is 8.76. The van der Waals surface area contributed by atoms with Crippen molar-refractivity contribution in [1.29, 1.82) is 0 Å².